The van der Waals surface area contributed by atoms with E-state index in [0.29, 0.717) is 12.4 Å². The highest BCUT2D eigenvalue weighted by atomic mass is 16.5. The van der Waals surface area contributed by atoms with Crippen LogP contribution in [-0.4, -0.2) is 37.2 Å². The first-order valence-corrected chi connectivity index (χ1v) is 9.57. The molecule has 6 heteroatoms. The van der Waals surface area contributed by atoms with E-state index in [0.717, 1.165) is 36.1 Å². The number of amides is 1. The smallest absolute Gasteiger partial charge is 0.331 e. The standard InChI is InChI=1S/C21H29NO5/c1-5-17(6-2)22-20(23)13-26-21(24)9-8-15-11-19-16(10-14(4)27-19)12-18(15)25-7-3/h8-9,11-12,14,17H,5-7,10,13H2,1-4H3,(H,22,23)/b9-8+/t14-/m0/s1. The lowest BCUT2D eigenvalue weighted by Gasteiger charge is -2.14. The number of rotatable bonds is 9. The van der Waals surface area contributed by atoms with Gasteiger partial charge in [0, 0.05) is 29.7 Å². The third-order valence-electron chi connectivity index (χ3n) is 4.42. The Morgan fingerprint density at radius 1 is 1.30 bits per heavy atom. The Kier molecular flexibility index (Phi) is 7.70. The summed E-state index contributed by atoms with van der Waals surface area (Å²) >= 11 is 0. The highest BCUT2D eigenvalue weighted by Crippen LogP contribution is 2.35. The van der Waals surface area contributed by atoms with Crippen LogP contribution in [-0.2, 0) is 20.7 Å². The van der Waals surface area contributed by atoms with Crippen molar-refractivity contribution in [3.63, 3.8) is 0 Å². The Balaban J connectivity index is 1.97. The van der Waals surface area contributed by atoms with Crippen molar-refractivity contribution >= 4 is 18.0 Å². The molecule has 1 heterocycles. The highest BCUT2D eigenvalue weighted by Gasteiger charge is 2.21. The number of carbonyl (C=O) groups is 2. The molecule has 0 spiro atoms. The number of hydrogen-bond acceptors (Lipinski definition) is 5. The van der Waals surface area contributed by atoms with E-state index in [2.05, 4.69) is 5.32 Å². The second-order valence-electron chi connectivity index (χ2n) is 6.59. The summed E-state index contributed by atoms with van der Waals surface area (Å²) in [4.78, 5) is 23.7. The minimum atomic E-state index is -0.577. The average molecular weight is 375 g/mol. The number of esters is 1. The van der Waals surface area contributed by atoms with E-state index in [4.69, 9.17) is 14.2 Å². The fraction of sp³-hybridized carbons (Fsp3) is 0.524. The molecule has 0 fully saturated rings. The number of hydrogen-bond donors (Lipinski definition) is 1. The number of fused-ring (bicyclic) bond motifs is 1. The molecule has 1 amide bonds. The number of carbonyl (C=O) groups excluding carboxylic acids is 2. The molecule has 1 atom stereocenters. The van der Waals surface area contributed by atoms with Crippen molar-refractivity contribution < 1.29 is 23.8 Å². The summed E-state index contributed by atoms with van der Waals surface area (Å²) in [7, 11) is 0. The lowest BCUT2D eigenvalue weighted by atomic mass is 10.1. The van der Waals surface area contributed by atoms with E-state index >= 15 is 0 Å². The first kappa shape index (κ1) is 20.8. The molecule has 2 rings (SSSR count). The van der Waals surface area contributed by atoms with Crippen molar-refractivity contribution in [3.8, 4) is 11.5 Å². The molecule has 0 saturated heterocycles. The summed E-state index contributed by atoms with van der Waals surface area (Å²) in [5, 5.41) is 2.83. The highest BCUT2D eigenvalue weighted by molar-refractivity contribution is 5.89. The van der Waals surface area contributed by atoms with Gasteiger partial charge in [-0.2, -0.15) is 0 Å². The van der Waals surface area contributed by atoms with Gasteiger partial charge in [0.05, 0.1) is 6.61 Å². The second-order valence-corrected chi connectivity index (χ2v) is 6.59. The van der Waals surface area contributed by atoms with E-state index < -0.39 is 5.97 Å². The molecule has 0 radical (unpaired) electrons. The zero-order valence-electron chi connectivity index (χ0n) is 16.5. The average Bonchev–Trinajstić information content (AvgIpc) is 3.01. The quantitative estimate of drug-likeness (QED) is 0.530. The van der Waals surface area contributed by atoms with Gasteiger partial charge in [-0.3, -0.25) is 4.79 Å². The number of nitrogens with one attached hydrogen (secondary N) is 1. The SMILES string of the molecule is CCOc1cc2c(cc1/C=C/C(=O)OCC(=O)NC(CC)CC)O[C@@H](C)C2. The molecule has 0 aromatic heterocycles. The summed E-state index contributed by atoms with van der Waals surface area (Å²) in [6.07, 6.45) is 5.58. The molecule has 0 aliphatic carbocycles. The molecule has 1 aromatic carbocycles. The second kappa shape index (κ2) is 10.00. The van der Waals surface area contributed by atoms with Gasteiger partial charge >= 0.3 is 5.97 Å². The zero-order chi connectivity index (χ0) is 19.8. The lowest BCUT2D eigenvalue weighted by Crippen LogP contribution is -2.36. The van der Waals surface area contributed by atoms with E-state index in [1.807, 2.05) is 39.8 Å². The van der Waals surface area contributed by atoms with Gasteiger partial charge in [0.15, 0.2) is 6.61 Å². The first-order chi connectivity index (χ1) is 13.0. The van der Waals surface area contributed by atoms with Gasteiger partial charge in [0.25, 0.3) is 5.91 Å². The topological polar surface area (TPSA) is 73.9 Å². The Labute approximate surface area is 160 Å². The molecule has 27 heavy (non-hydrogen) atoms. The molecule has 1 aromatic rings. The normalized spacial score (nSPS) is 15.5. The van der Waals surface area contributed by atoms with Gasteiger partial charge in [-0.15, -0.1) is 0 Å². The third-order valence-corrected chi connectivity index (χ3v) is 4.42. The van der Waals surface area contributed by atoms with Crippen LogP contribution in [0, 0.1) is 0 Å². The van der Waals surface area contributed by atoms with Crippen molar-refractivity contribution in [1.29, 1.82) is 0 Å². The maximum Gasteiger partial charge on any atom is 0.331 e. The molecule has 148 valence electrons. The third kappa shape index (κ3) is 6.01. The monoisotopic (exact) mass is 375 g/mol. The summed E-state index contributed by atoms with van der Waals surface area (Å²) < 4.78 is 16.5. The van der Waals surface area contributed by atoms with Gasteiger partial charge in [-0.1, -0.05) is 13.8 Å². The Bertz CT molecular complexity index is 694. The predicted molar refractivity (Wildman–Crippen MR) is 104 cm³/mol. The van der Waals surface area contributed by atoms with Crippen LogP contribution in [0.5, 0.6) is 11.5 Å². The fourth-order valence-corrected chi connectivity index (χ4v) is 2.97. The molecule has 1 aliphatic heterocycles. The Morgan fingerprint density at radius 2 is 2.04 bits per heavy atom. The Hall–Kier alpha value is -2.50. The molecule has 0 unspecified atom stereocenters. The molecular formula is C21H29NO5. The molecule has 0 bridgehead atoms. The van der Waals surface area contributed by atoms with Gasteiger partial charge < -0.3 is 19.5 Å². The summed E-state index contributed by atoms with van der Waals surface area (Å²) in [6, 6.07) is 3.93. The molecule has 0 saturated carbocycles. The zero-order valence-corrected chi connectivity index (χ0v) is 16.5. The molecular weight excluding hydrogens is 346 g/mol. The number of benzene rings is 1. The van der Waals surface area contributed by atoms with E-state index in [9.17, 15) is 9.59 Å². The van der Waals surface area contributed by atoms with Crippen LogP contribution in [0.1, 0.15) is 51.7 Å². The van der Waals surface area contributed by atoms with Gasteiger partial charge in [0.2, 0.25) is 0 Å². The maximum absolute atomic E-state index is 11.9. The maximum atomic E-state index is 11.9. The van der Waals surface area contributed by atoms with E-state index in [1.54, 1.807) is 6.08 Å². The first-order valence-electron chi connectivity index (χ1n) is 9.57. The van der Waals surface area contributed by atoms with Crippen LogP contribution in [0.15, 0.2) is 18.2 Å². The molecule has 6 nitrogen and oxygen atoms in total. The lowest BCUT2D eigenvalue weighted by molar-refractivity contribution is -0.144. The van der Waals surface area contributed by atoms with Crippen LogP contribution in [0.25, 0.3) is 6.08 Å². The van der Waals surface area contributed by atoms with Crippen molar-refractivity contribution in [1.82, 2.24) is 5.32 Å². The summed E-state index contributed by atoms with van der Waals surface area (Å²) in [6.45, 7) is 8.16. The predicted octanol–water partition coefficient (Wildman–Crippen LogP) is 3.27. The van der Waals surface area contributed by atoms with Crippen LogP contribution in [0.2, 0.25) is 0 Å². The van der Waals surface area contributed by atoms with E-state index in [1.165, 1.54) is 6.08 Å². The Morgan fingerprint density at radius 3 is 2.70 bits per heavy atom. The molecule has 1 N–H and O–H groups in total. The van der Waals surface area contributed by atoms with Crippen LogP contribution in [0.3, 0.4) is 0 Å². The number of ether oxygens (including phenoxy) is 3. The summed E-state index contributed by atoms with van der Waals surface area (Å²) in [5.41, 5.74) is 1.84. The van der Waals surface area contributed by atoms with E-state index in [-0.39, 0.29) is 24.7 Å². The van der Waals surface area contributed by atoms with Crippen LogP contribution >= 0.6 is 0 Å². The largest absolute Gasteiger partial charge is 0.493 e. The van der Waals surface area contributed by atoms with Crippen molar-refractivity contribution in [2.45, 2.75) is 59.1 Å². The minimum Gasteiger partial charge on any atom is -0.493 e. The fourth-order valence-electron chi connectivity index (χ4n) is 2.97. The van der Waals surface area contributed by atoms with Crippen LogP contribution in [0.4, 0.5) is 0 Å². The van der Waals surface area contributed by atoms with Gasteiger partial charge in [-0.05, 0) is 44.9 Å². The van der Waals surface area contributed by atoms with Crippen molar-refractivity contribution in [2.24, 2.45) is 0 Å². The van der Waals surface area contributed by atoms with Crippen molar-refractivity contribution in [3.05, 3.63) is 29.3 Å². The van der Waals surface area contributed by atoms with Gasteiger partial charge in [-0.25, -0.2) is 4.79 Å². The summed E-state index contributed by atoms with van der Waals surface area (Å²) in [5.74, 6) is 0.639. The molecule has 1 aliphatic rings. The van der Waals surface area contributed by atoms with Gasteiger partial charge in [0.1, 0.15) is 17.6 Å². The van der Waals surface area contributed by atoms with Crippen LogP contribution < -0.4 is 14.8 Å². The van der Waals surface area contributed by atoms with Crippen molar-refractivity contribution in [2.75, 3.05) is 13.2 Å². The minimum absolute atomic E-state index is 0.106.